The van der Waals surface area contributed by atoms with Crippen LogP contribution in [-0.4, -0.2) is 11.6 Å². The minimum Gasteiger partial charge on any atom is -0.478 e. The monoisotopic (exact) mass is 373 g/mol. The van der Waals surface area contributed by atoms with Crippen LogP contribution in [0.25, 0.3) is 11.0 Å². The molecular formula is C24H23NO3. The van der Waals surface area contributed by atoms with E-state index in [1.165, 1.54) is 23.1 Å². The molecule has 28 heavy (non-hydrogen) atoms. The van der Waals surface area contributed by atoms with Crippen molar-refractivity contribution in [3.8, 4) is 5.75 Å². The molecule has 3 aliphatic rings. The van der Waals surface area contributed by atoms with Crippen LogP contribution in [0.3, 0.4) is 0 Å². The molecule has 2 aliphatic carbocycles. The van der Waals surface area contributed by atoms with Crippen LogP contribution in [0.15, 0.2) is 45.6 Å². The second kappa shape index (κ2) is 6.21. The van der Waals surface area contributed by atoms with E-state index < -0.39 is 0 Å². The molecule has 6 rings (SSSR count). The van der Waals surface area contributed by atoms with E-state index in [9.17, 15) is 4.79 Å². The fourth-order valence-electron chi connectivity index (χ4n) is 5.38. The highest BCUT2D eigenvalue weighted by molar-refractivity contribution is 5.86. The number of rotatable bonds is 1. The highest BCUT2D eigenvalue weighted by Crippen LogP contribution is 2.40. The molecule has 0 spiro atoms. The maximum absolute atomic E-state index is 12.5. The van der Waals surface area contributed by atoms with E-state index >= 15 is 0 Å². The Bertz CT molecular complexity index is 1150. The third-order valence-electron chi connectivity index (χ3n) is 6.73. The lowest BCUT2D eigenvalue weighted by atomic mass is 9.86. The van der Waals surface area contributed by atoms with Gasteiger partial charge in [0.15, 0.2) is 0 Å². The number of ether oxygens (including phenoxy) is 1. The molecule has 4 nitrogen and oxygen atoms in total. The molecule has 0 bridgehead atoms. The summed E-state index contributed by atoms with van der Waals surface area (Å²) in [5, 5.41) is 1.10. The standard InChI is InChI=1S/C24H23NO3/c26-24-19-9-4-8-17(19)18-11-12-22-20(23(18)28-24)13-25(14-27-22)21-10-3-6-15-5-1-2-7-16(15)21/h1-2,5,7,11-12,21H,3-4,6,8-10,13-14H2/t21-/m1/s1. The van der Waals surface area contributed by atoms with Crippen molar-refractivity contribution < 1.29 is 9.15 Å². The van der Waals surface area contributed by atoms with Crippen molar-refractivity contribution in [2.45, 2.75) is 51.1 Å². The minimum atomic E-state index is -0.159. The fourth-order valence-corrected chi connectivity index (χ4v) is 5.38. The van der Waals surface area contributed by atoms with Gasteiger partial charge in [0.25, 0.3) is 0 Å². The van der Waals surface area contributed by atoms with Gasteiger partial charge in [-0.3, -0.25) is 4.90 Å². The summed E-state index contributed by atoms with van der Waals surface area (Å²) in [6.45, 7) is 1.33. The molecular weight excluding hydrogens is 350 g/mol. The Morgan fingerprint density at radius 3 is 2.79 bits per heavy atom. The first-order chi connectivity index (χ1) is 13.8. The SMILES string of the molecule is O=c1oc2c3c(ccc2c2c1CCC2)OCN([C@@H]1CCCc2ccccc21)C3. The Hall–Kier alpha value is -2.59. The van der Waals surface area contributed by atoms with Gasteiger partial charge in [0.1, 0.15) is 18.1 Å². The summed E-state index contributed by atoms with van der Waals surface area (Å²) in [6.07, 6.45) is 6.34. The molecule has 0 saturated heterocycles. The lowest BCUT2D eigenvalue weighted by Crippen LogP contribution is -2.37. The Balaban J connectivity index is 1.45. The number of aryl methyl sites for hydroxylation is 2. The largest absolute Gasteiger partial charge is 0.478 e. The van der Waals surface area contributed by atoms with Gasteiger partial charge >= 0.3 is 5.63 Å². The first-order valence-electron chi connectivity index (χ1n) is 10.3. The van der Waals surface area contributed by atoms with Crippen LogP contribution in [0.4, 0.5) is 0 Å². The maximum Gasteiger partial charge on any atom is 0.339 e. The average Bonchev–Trinajstić information content (AvgIpc) is 3.24. The normalized spacial score (nSPS) is 21.1. The number of hydrogen-bond donors (Lipinski definition) is 0. The number of benzene rings is 2. The molecule has 0 N–H and O–H groups in total. The topological polar surface area (TPSA) is 42.7 Å². The summed E-state index contributed by atoms with van der Waals surface area (Å²) >= 11 is 0. The van der Waals surface area contributed by atoms with Crippen LogP contribution in [0, 0.1) is 0 Å². The first kappa shape index (κ1) is 16.4. The van der Waals surface area contributed by atoms with Gasteiger partial charge in [-0.25, -0.2) is 4.79 Å². The zero-order valence-electron chi connectivity index (χ0n) is 15.9. The van der Waals surface area contributed by atoms with Gasteiger partial charge < -0.3 is 9.15 Å². The highest BCUT2D eigenvalue weighted by Gasteiger charge is 2.31. The summed E-state index contributed by atoms with van der Waals surface area (Å²) in [5.41, 5.74) is 6.54. The molecule has 0 radical (unpaired) electrons. The van der Waals surface area contributed by atoms with Crippen molar-refractivity contribution in [1.82, 2.24) is 4.90 Å². The third-order valence-corrected chi connectivity index (χ3v) is 6.73. The molecule has 3 aromatic rings. The molecule has 142 valence electrons. The predicted octanol–water partition coefficient (Wildman–Crippen LogP) is 4.51. The molecule has 0 saturated carbocycles. The fraction of sp³-hybridized carbons (Fsp3) is 0.375. The summed E-state index contributed by atoms with van der Waals surface area (Å²) in [4.78, 5) is 14.9. The molecule has 2 aromatic carbocycles. The third kappa shape index (κ3) is 2.37. The number of fused-ring (bicyclic) bond motifs is 6. The summed E-state index contributed by atoms with van der Waals surface area (Å²) in [5.74, 6) is 0.856. The zero-order chi connectivity index (χ0) is 18.7. The lowest BCUT2D eigenvalue weighted by molar-refractivity contribution is 0.0482. The predicted molar refractivity (Wildman–Crippen MR) is 108 cm³/mol. The van der Waals surface area contributed by atoms with Crippen molar-refractivity contribution >= 4 is 11.0 Å². The van der Waals surface area contributed by atoms with Gasteiger partial charge in [0.05, 0.1) is 5.56 Å². The smallest absolute Gasteiger partial charge is 0.339 e. The second-order valence-electron chi connectivity index (χ2n) is 8.25. The molecule has 4 heteroatoms. The molecule has 2 heterocycles. The van der Waals surface area contributed by atoms with E-state index in [2.05, 4.69) is 41.3 Å². The first-order valence-corrected chi connectivity index (χ1v) is 10.3. The van der Waals surface area contributed by atoms with Gasteiger partial charge in [0, 0.05) is 23.5 Å². The second-order valence-corrected chi connectivity index (χ2v) is 8.25. The van der Waals surface area contributed by atoms with E-state index in [-0.39, 0.29) is 5.63 Å². The number of nitrogens with zero attached hydrogens (tertiary/aromatic N) is 1. The van der Waals surface area contributed by atoms with Crippen LogP contribution in [-0.2, 0) is 25.8 Å². The molecule has 0 amide bonds. The molecule has 0 unspecified atom stereocenters. The Kier molecular flexibility index (Phi) is 3.63. The molecule has 1 atom stereocenters. The highest BCUT2D eigenvalue weighted by atomic mass is 16.5. The van der Waals surface area contributed by atoms with Crippen LogP contribution in [0.5, 0.6) is 5.75 Å². The van der Waals surface area contributed by atoms with Crippen molar-refractivity contribution in [2.24, 2.45) is 0 Å². The van der Waals surface area contributed by atoms with Gasteiger partial charge in [-0.15, -0.1) is 0 Å². The van der Waals surface area contributed by atoms with Crippen LogP contribution in [0.2, 0.25) is 0 Å². The van der Waals surface area contributed by atoms with Gasteiger partial charge in [-0.1, -0.05) is 24.3 Å². The van der Waals surface area contributed by atoms with Crippen LogP contribution in [0.1, 0.15) is 53.1 Å². The van der Waals surface area contributed by atoms with Crippen molar-refractivity contribution in [3.05, 3.63) is 74.6 Å². The van der Waals surface area contributed by atoms with E-state index in [4.69, 9.17) is 9.15 Å². The maximum atomic E-state index is 12.5. The summed E-state index contributed by atoms with van der Waals surface area (Å²) < 4.78 is 12.0. The molecule has 0 fully saturated rings. The van der Waals surface area contributed by atoms with E-state index in [0.29, 0.717) is 12.8 Å². The van der Waals surface area contributed by atoms with Crippen molar-refractivity contribution in [3.63, 3.8) is 0 Å². The van der Waals surface area contributed by atoms with Crippen LogP contribution >= 0.6 is 0 Å². The summed E-state index contributed by atoms with van der Waals surface area (Å²) in [6, 6.07) is 13.3. The number of hydrogen-bond acceptors (Lipinski definition) is 4. The van der Waals surface area contributed by atoms with E-state index in [0.717, 1.165) is 66.5 Å². The van der Waals surface area contributed by atoms with E-state index in [1.807, 2.05) is 0 Å². The van der Waals surface area contributed by atoms with Crippen molar-refractivity contribution in [1.29, 1.82) is 0 Å². The minimum absolute atomic E-state index is 0.159. The average molecular weight is 373 g/mol. The zero-order valence-corrected chi connectivity index (χ0v) is 15.9. The Morgan fingerprint density at radius 1 is 0.929 bits per heavy atom. The Labute approximate surface area is 163 Å². The van der Waals surface area contributed by atoms with E-state index in [1.54, 1.807) is 0 Å². The quantitative estimate of drug-likeness (QED) is 0.589. The van der Waals surface area contributed by atoms with Gasteiger partial charge in [-0.05, 0) is 67.3 Å². The van der Waals surface area contributed by atoms with Gasteiger partial charge in [0.2, 0.25) is 0 Å². The van der Waals surface area contributed by atoms with Crippen molar-refractivity contribution in [2.75, 3.05) is 6.73 Å². The van der Waals surface area contributed by atoms with Gasteiger partial charge in [-0.2, -0.15) is 0 Å². The molecule has 1 aromatic heterocycles. The summed E-state index contributed by atoms with van der Waals surface area (Å²) in [7, 11) is 0. The molecule has 1 aliphatic heterocycles. The Morgan fingerprint density at radius 2 is 1.82 bits per heavy atom. The van der Waals surface area contributed by atoms with Crippen LogP contribution < -0.4 is 10.4 Å². The lowest BCUT2D eigenvalue weighted by Gasteiger charge is -2.38.